The van der Waals surface area contributed by atoms with Crippen molar-refractivity contribution in [3.05, 3.63) is 24.3 Å². The third-order valence-electron chi connectivity index (χ3n) is 8.77. The van der Waals surface area contributed by atoms with E-state index >= 15 is 0 Å². The lowest BCUT2D eigenvalue weighted by Crippen LogP contribution is -2.40. The number of carboxylic acids is 1. The van der Waals surface area contributed by atoms with Crippen LogP contribution in [-0.2, 0) is 19.1 Å². The second-order valence-corrected chi connectivity index (χ2v) is 13.3. The maximum absolute atomic E-state index is 12.7. The lowest BCUT2D eigenvalue weighted by Gasteiger charge is -2.18. The molecule has 0 aromatic carbocycles. The fourth-order valence-electron chi connectivity index (χ4n) is 5.77. The topological polar surface area (TPSA) is 119 Å². The van der Waals surface area contributed by atoms with Crippen molar-refractivity contribution in [3.63, 3.8) is 0 Å². The molecule has 0 saturated carbocycles. The summed E-state index contributed by atoms with van der Waals surface area (Å²) in [7, 11) is 0. The first-order valence-corrected chi connectivity index (χ1v) is 19.7. The Morgan fingerprint density at radius 3 is 1.66 bits per heavy atom. The molecule has 0 aliphatic heterocycles. The number of carbonyl (C=O) groups is 3. The van der Waals surface area contributed by atoms with Crippen molar-refractivity contribution in [3.8, 4) is 0 Å². The number of amides is 1. The Morgan fingerprint density at radius 2 is 1.11 bits per heavy atom. The molecule has 0 rings (SSSR count). The molecule has 0 fully saturated rings. The van der Waals surface area contributed by atoms with Crippen LogP contribution in [0.4, 0.5) is 0 Å². The van der Waals surface area contributed by atoms with E-state index in [-0.39, 0.29) is 18.0 Å². The first kappa shape index (κ1) is 44.9. The van der Waals surface area contributed by atoms with E-state index in [0.29, 0.717) is 32.2 Å². The molecule has 0 radical (unpaired) electrons. The highest BCUT2D eigenvalue weighted by Crippen LogP contribution is 2.18. The molecule has 7 heteroatoms. The molecule has 7 nitrogen and oxygen atoms in total. The fourth-order valence-corrected chi connectivity index (χ4v) is 5.77. The minimum Gasteiger partial charge on any atom is -0.480 e. The van der Waals surface area contributed by atoms with Gasteiger partial charge in [-0.1, -0.05) is 122 Å². The van der Waals surface area contributed by atoms with Gasteiger partial charge in [0, 0.05) is 12.8 Å². The number of carbonyl (C=O) groups excluding carboxylic acids is 2. The van der Waals surface area contributed by atoms with Crippen LogP contribution in [0.3, 0.4) is 0 Å². The van der Waals surface area contributed by atoms with E-state index < -0.39 is 12.0 Å². The number of unbranched alkanes of at least 4 members (excludes halogenated alkanes) is 17. The quantitative estimate of drug-likeness (QED) is 0.0353. The Balaban J connectivity index is 4.18. The van der Waals surface area contributed by atoms with Crippen molar-refractivity contribution in [1.29, 1.82) is 0 Å². The van der Waals surface area contributed by atoms with Crippen LogP contribution in [0.5, 0.6) is 0 Å². The van der Waals surface area contributed by atoms with E-state index in [2.05, 4.69) is 43.5 Å². The number of nitrogens with two attached hydrogens (primary N) is 1. The molecule has 2 atom stereocenters. The number of carboxylic acid groups (broad SMARTS) is 1. The molecular formula is C40H74N2O5. The van der Waals surface area contributed by atoms with Crippen LogP contribution in [0.1, 0.15) is 194 Å². The highest BCUT2D eigenvalue weighted by molar-refractivity contribution is 5.83. The maximum atomic E-state index is 12.7. The van der Waals surface area contributed by atoms with E-state index in [4.69, 9.17) is 10.5 Å². The third-order valence-corrected chi connectivity index (χ3v) is 8.77. The Hall–Kier alpha value is -2.15. The van der Waals surface area contributed by atoms with Crippen molar-refractivity contribution < 1.29 is 24.2 Å². The van der Waals surface area contributed by atoms with E-state index in [1.165, 1.54) is 83.5 Å². The third kappa shape index (κ3) is 32.2. The summed E-state index contributed by atoms with van der Waals surface area (Å²) < 4.78 is 5.96. The van der Waals surface area contributed by atoms with Gasteiger partial charge in [0.15, 0.2) is 0 Å². The van der Waals surface area contributed by atoms with Crippen LogP contribution < -0.4 is 11.1 Å². The number of nitrogens with one attached hydrogen (secondary N) is 1. The summed E-state index contributed by atoms with van der Waals surface area (Å²) in [5.74, 6) is -1.28. The van der Waals surface area contributed by atoms with Crippen molar-refractivity contribution in [2.24, 2.45) is 5.73 Å². The zero-order valence-corrected chi connectivity index (χ0v) is 30.6. The first-order chi connectivity index (χ1) is 22.9. The minimum absolute atomic E-state index is 0.0152. The predicted molar refractivity (Wildman–Crippen MR) is 197 cm³/mol. The van der Waals surface area contributed by atoms with Crippen molar-refractivity contribution in [2.45, 2.75) is 206 Å². The number of aliphatic carboxylic acids is 1. The highest BCUT2D eigenvalue weighted by Gasteiger charge is 2.19. The van der Waals surface area contributed by atoms with E-state index in [1.54, 1.807) is 0 Å². The van der Waals surface area contributed by atoms with Gasteiger partial charge < -0.3 is 20.9 Å². The predicted octanol–water partition coefficient (Wildman–Crippen LogP) is 10.5. The smallest absolute Gasteiger partial charge is 0.326 e. The zero-order valence-electron chi connectivity index (χ0n) is 30.6. The summed E-state index contributed by atoms with van der Waals surface area (Å²) in [5.41, 5.74) is 5.47. The average molecular weight is 663 g/mol. The van der Waals surface area contributed by atoms with Gasteiger partial charge in [0.1, 0.15) is 12.1 Å². The Labute approximate surface area is 289 Å². The summed E-state index contributed by atoms with van der Waals surface area (Å²) in [5, 5.41) is 11.9. The molecule has 2 unspecified atom stereocenters. The monoisotopic (exact) mass is 663 g/mol. The van der Waals surface area contributed by atoms with Gasteiger partial charge in [-0.3, -0.25) is 9.59 Å². The molecule has 0 aromatic rings. The summed E-state index contributed by atoms with van der Waals surface area (Å²) in [6.45, 7) is 4.89. The van der Waals surface area contributed by atoms with Gasteiger partial charge in [-0.25, -0.2) is 4.79 Å². The molecule has 0 aliphatic carbocycles. The molecule has 0 spiro atoms. The number of hydrogen-bond donors (Lipinski definition) is 3. The molecule has 0 bridgehead atoms. The number of allylic oxidation sites excluding steroid dienone is 4. The largest absolute Gasteiger partial charge is 0.480 e. The summed E-state index contributed by atoms with van der Waals surface area (Å²) in [6.07, 6.45) is 37.9. The second kappa shape index (κ2) is 35.2. The number of hydrogen-bond acceptors (Lipinski definition) is 5. The summed E-state index contributed by atoms with van der Waals surface area (Å²) in [4.78, 5) is 36.2. The van der Waals surface area contributed by atoms with E-state index in [1.807, 2.05) is 0 Å². The van der Waals surface area contributed by atoms with Crippen LogP contribution in [0.15, 0.2) is 24.3 Å². The Kier molecular flexibility index (Phi) is 33.6. The maximum Gasteiger partial charge on any atom is 0.326 e. The molecular weight excluding hydrogens is 588 g/mol. The molecule has 0 heterocycles. The SMILES string of the molecule is CCCCCC/C=C\C/C=C\CCCCCCCC(=O)OC(CCCCCCCC)CCCCCCC(=O)NC(CCCN)C(=O)O. The van der Waals surface area contributed by atoms with Gasteiger partial charge in [0.2, 0.25) is 5.91 Å². The molecule has 1 amide bonds. The molecule has 0 aromatic heterocycles. The van der Waals surface area contributed by atoms with Gasteiger partial charge in [-0.15, -0.1) is 0 Å². The number of ether oxygens (including phenoxy) is 1. The van der Waals surface area contributed by atoms with Crippen LogP contribution in [0.25, 0.3) is 0 Å². The van der Waals surface area contributed by atoms with Crippen LogP contribution in [-0.4, -0.2) is 41.6 Å². The molecule has 0 saturated heterocycles. The van der Waals surface area contributed by atoms with Crippen molar-refractivity contribution >= 4 is 17.8 Å². The van der Waals surface area contributed by atoms with Gasteiger partial charge in [0.05, 0.1) is 0 Å². The van der Waals surface area contributed by atoms with Crippen LogP contribution in [0, 0.1) is 0 Å². The summed E-state index contributed by atoms with van der Waals surface area (Å²) >= 11 is 0. The van der Waals surface area contributed by atoms with Crippen molar-refractivity contribution in [2.75, 3.05) is 6.54 Å². The molecule has 4 N–H and O–H groups in total. The Bertz CT molecular complexity index is 797. The lowest BCUT2D eigenvalue weighted by molar-refractivity contribution is -0.150. The normalized spacial score (nSPS) is 12.9. The van der Waals surface area contributed by atoms with Gasteiger partial charge >= 0.3 is 11.9 Å². The van der Waals surface area contributed by atoms with Gasteiger partial charge in [-0.05, 0) is 90.0 Å². The van der Waals surface area contributed by atoms with Crippen LogP contribution in [0.2, 0.25) is 0 Å². The van der Waals surface area contributed by atoms with E-state index in [0.717, 1.165) is 70.6 Å². The van der Waals surface area contributed by atoms with Crippen LogP contribution >= 0.6 is 0 Å². The molecule has 274 valence electrons. The summed E-state index contributed by atoms with van der Waals surface area (Å²) in [6, 6.07) is -0.863. The number of rotatable bonds is 35. The molecule has 47 heavy (non-hydrogen) atoms. The van der Waals surface area contributed by atoms with Crippen molar-refractivity contribution in [1.82, 2.24) is 5.32 Å². The standard InChI is InChI=1S/C40H74N2O5/c1-3-5-7-9-11-12-13-14-15-16-17-18-19-20-22-28-34-39(44)47-36(30-25-21-10-8-6-4-2)31-26-23-24-27-33-38(43)42-37(40(45)46)32-29-35-41/h12-13,15-16,36-37H,3-11,14,17-35,41H2,1-2H3,(H,42,43)(H,45,46)/b13-12-,16-15-. The second-order valence-electron chi connectivity index (χ2n) is 13.3. The zero-order chi connectivity index (χ0) is 34.6. The fraction of sp³-hybridized carbons (Fsp3) is 0.825. The van der Waals surface area contributed by atoms with Gasteiger partial charge in [0.25, 0.3) is 0 Å². The number of esters is 1. The highest BCUT2D eigenvalue weighted by atomic mass is 16.5. The van der Waals surface area contributed by atoms with E-state index in [9.17, 15) is 19.5 Å². The first-order valence-electron chi connectivity index (χ1n) is 19.7. The lowest BCUT2D eigenvalue weighted by atomic mass is 10.0. The minimum atomic E-state index is -1.01. The van der Waals surface area contributed by atoms with Gasteiger partial charge in [-0.2, -0.15) is 0 Å². The molecule has 0 aliphatic rings. The Morgan fingerprint density at radius 1 is 0.617 bits per heavy atom. The average Bonchev–Trinajstić information content (AvgIpc) is 3.05.